The molecule has 4 nitrogen and oxygen atoms in total. The quantitative estimate of drug-likeness (QED) is 0.823. The van der Waals surface area contributed by atoms with Crippen LogP contribution in [0, 0.1) is 6.92 Å². The summed E-state index contributed by atoms with van der Waals surface area (Å²) in [4.78, 5) is 11.9. The topological polar surface area (TPSA) is 55.1 Å². The Balaban J connectivity index is 1.82. The van der Waals surface area contributed by atoms with E-state index in [4.69, 9.17) is 4.52 Å². The van der Waals surface area contributed by atoms with E-state index >= 15 is 0 Å². The Kier molecular flexibility index (Phi) is 4.63. The van der Waals surface area contributed by atoms with Crippen LogP contribution in [0.2, 0.25) is 0 Å². The van der Waals surface area contributed by atoms with Gasteiger partial charge in [0, 0.05) is 6.07 Å². The van der Waals surface area contributed by atoms with Gasteiger partial charge in [0.25, 0.3) is 0 Å². The number of hydrogen-bond acceptors (Lipinski definition) is 4. The summed E-state index contributed by atoms with van der Waals surface area (Å²) in [5, 5.41) is 6.25. The monoisotopic (exact) mass is 276 g/mol. The summed E-state index contributed by atoms with van der Waals surface area (Å²) >= 11 is 4.33. The first kappa shape index (κ1) is 13.7. The summed E-state index contributed by atoms with van der Waals surface area (Å²) in [5.74, 6) is 0.629. The number of amides is 1. The molecule has 0 aliphatic carbocycles. The number of nitrogens with zero attached hydrogens (tertiary/aromatic N) is 1. The molecule has 0 saturated heterocycles. The molecule has 19 heavy (non-hydrogen) atoms. The van der Waals surface area contributed by atoms with Crippen molar-refractivity contribution in [3.63, 3.8) is 0 Å². The summed E-state index contributed by atoms with van der Waals surface area (Å²) in [6, 6.07) is 11.6. The Morgan fingerprint density at radius 1 is 1.42 bits per heavy atom. The average molecular weight is 276 g/mol. The lowest BCUT2D eigenvalue weighted by molar-refractivity contribution is -0.120. The predicted molar refractivity (Wildman–Crippen MR) is 76.0 cm³/mol. The highest BCUT2D eigenvalue weighted by molar-refractivity contribution is 7.81. The second-order valence-corrected chi connectivity index (χ2v) is 4.98. The summed E-state index contributed by atoms with van der Waals surface area (Å²) in [6.07, 6.45) is 0.605. The van der Waals surface area contributed by atoms with Gasteiger partial charge >= 0.3 is 0 Å². The van der Waals surface area contributed by atoms with Gasteiger partial charge in [-0.15, -0.1) is 0 Å². The molecule has 2 rings (SSSR count). The van der Waals surface area contributed by atoms with Crippen LogP contribution >= 0.6 is 12.6 Å². The van der Waals surface area contributed by atoms with Crippen LogP contribution in [0.4, 0.5) is 0 Å². The van der Waals surface area contributed by atoms with Crippen LogP contribution in [0.3, 0.4) is 0 Å². The highest BCUT2D eigenvalue weighted by atomic mass is 32.1. The van der Waals surface area contributed by atoms with E-state index in [0.717, 1.165) is 11.3 Å². The lowest BCUT2D eigenvalue weighted by atomic mass is 10.1. The van der Waals surface area contributed by atoms with E-state index in [0.29, 0.717) is 18.7 Å². The highest BCUT2D eigenvalue weighted by Gasteiger charge is 2.14. The molecule has 1 N–H and O–H groups in total. The van der Waals surface area contributed by atoms with Crippen LogP contribution < -0.4 is 5.32 Å². The van der Waals surface area contributed by atoms with Crippen molar-refractivity contribution in [3.8, 4) is 0 Å². The largest absolute Gasteiger partial charge is 0.361 e. The zero-order chi connectivity index (χ0) is 13.7. The predicted octanol–water partition coefficient (Wildman–Crippen LogP) is 2.14. The minimum atomic E-state index is -0.365. The standard InChI is InChI=1S/C14H16N2O2S/c1-10-7-12(16-18-10)9-15-14(17)13(19)8-11-5-3-2-4-6-11/h2-7,13,19H,8-9H2,1H3,(H,15,17). The molecule has 1 atom stereocenters. The molecule has 1 aromatic carbocycles. The molecule has 0 aliphatic rings. The van der Waals surface area contributed by atoms with Gasteiger partial charge in [0.1, 0.15) is 11.5 Å². The Bertz CT molecular complexity index is 539. The maximum Gasteiger partial charge on any atom is 0.233 e. The molecular formula is C14H16N2O2S. The highest BCUT2D eigenvalue weighted by Crippen LogP contribution is 2.08. The zero-order valence-corrected chi connectivity index (χ0v) is 11.6. The van der Waals surface area contributed by atoms with Crippen LogP contribution in [0.1, 0.15) is 17.0 Å². The van der Waals surface area contributed by atoms with Crippen molar-refractivity contribution in [2.75, 3.05) is 0 Å². The first-order valence-electron chi connectivity index (χ1n) is 6.07. The van der Waals surface area contributed by atoms with Gasteiger partial charge in [-0.2, -0.15) is 12.6 Å². The SMILES string of the molecule is Cc1cc(CNC(=O)C(S)Cc2ccccc2)no1. The van der Waals surface area contributed by atoms with Crippen LogP contribution in [0.15, 0.2) is 40.9 Å². The Morgan fingerprint density at radius 2 is 2.16 bits per heavy atom. The normalized spacial score (nSPS) is 12.1. The Labute approximate surface area is 117 Å². The van der Waals surface area contributed by atoms with E-state index in [1.54, 1.807) is 6.07 Å². The first-order chi connectivity index (χ1) is 9.15. The fourth-order valence-corrected chi connectivity index (χ4v) is 2.03. The molecule has 1 amide bonds. The molecule has 0 bridgehead atoms. The van der Waals surface area contributed by atoms with Gasteiger partial charge in [0.15, 0.2) is 0 Å². The fraction of sp³-hybridized carbons (Fsp3) is 0.286. The van der Waals surface area contributed by atoms with Crippen molar-refractivity contribution in [3.05, 3.63) is 53.4 Å². The van der Waals surface area contributed by atoms with Gasteiger partial charge in [-0.3, -0.25) is 4.79 Å². The Morgan fingerprint density at radius 3 is 2.79 bits per heavy atom. The molecule has 5 heteroatoms. The fourth-order valence-electron chi connectivity index (χ4n) is 1.73. The van der Waals surface area contributed by atoms with E-state index < -0.39 is 0 Å². The minimum absolute atomic E-state index is 0.104. The average Bonchev–Trinajstić information content (AvgIpc) is 2.83. The molecule has 0 radical (unpaired) electrons. The van der Waals surface area contributed by atoms with Crippen molar-refractivity contribution in [2.45, 2.75) is 25.1 Å². The lowest BCUT2D eigenvalue weighted by Gasteiger charge is -2.10. The van der Waals surface area contributed by atoms with Crippen molar-refractivity contribution in [1.29, 1.82) is 0 Å². The van der Waals surface area contributed by atoms with Crippen molar-refractivity contribution >= 4 is 18.5 Å². The van der Waals surface area contributed by atoms with Gasteiger partial charge in [0.05, 0.1) is 11.8 Å². The number of thiol groups is 1. The number of aryl methyl sites for hydroxylation is 1. The van der Waals surface area contributed by atoms with Crippen LogP contribution in [0.5, 0.6) is 0 Å². The third-order valence-corrected chi connectivity index (χ3v) is 3.11. The van der Waals surface area contributed by atoms with E-state index in [9.17, 15) is 4.79 Å². The maximum atomic E-state index is 11.9. The second-order valence-electron chi connectivity index (χ2n) is 4.35. The van der Waals surface area contributed by atoms with E-state index in [1.807, 2.05) is 37.3 Å². The lowest BCUT2D eigenvalue weighted by Crippen LogP contribution is -2.32. The number of rotatable bonds is 5. The summed E-state index contributed by atoms with van der Waals surface area (Å²) in [7, 11) is 0. The molecule has 0 spiro atoms. The first-order valence-corrected chi connectivity index (χ1v) is 6.58. The molecule has 1 heterocycles. The van der Waals surface area contributed by atoms with Gasteiger partial charge in [-0.25, -0.2) is 0 Å². The van der Waals surface area contributed by atoms with E-state index in [2.05, 4.69) is 23.1 Å². The molecule has 2 aromatic rings. The third kappa shape index (κ3) is 4.13. The number of hydrogen-bond donors (Lipinski definition) is 2. The van der Waals surface area contributed by atoms with Gasteiger partial charge < -0.3 is 9.84 Å². The van der Waals surface area contributed by atoms with Gasteiger partial charge in [-0.05, 0) is 18.9 Å². The third-order valence-electron chi connectivity index (χ3n) is 2.70. The minimum Gasteiger partial charge on any atom is -0.361 e. The number of nitrogens with one attached hydrogen (secondary N) is 1. The maximum absolute atomic E-state index is 11.9. The number of aromatic nitrogens is 1. The van der Waals surface area contributed by atoms with Crippen LogP contribution in [-0.4, -0.2) is 16.3 Å². The molecule has 1 unspecified atom stereocenters. The molecule has 100 valence electrons. The Hall–Kier alpha value is -1.75. The van der Waals surface area contributed by atoms with Crippen molar-refractivity contribution in [1.82, 2.24) is 10.5 Å². The molecular weight excluding hydrogens is 260 g/mol. The van der Waals surface area contributed by atoms with Crippen molar-refractivity contribution in [2.24, 2.45) is 0 Å². The molecule has 0 fully saturated rings. The summed E-state index contributed by atoms with van der Waals surface area (Å²) < 4.78 is 4.93. The molecule has 0 saturated carbocycles. The smallest absolute Gasteiger partial charge is 0.233 e. The summed E-state index contributed by atoms with van der Waals surface area (Å²) in [6.45, 7) is 2.18. The van der Waals surface area contributed by atoms with E-state index in [1.165, 1.54) is 0 Å². The number of benzene rings is 1. The van der Waals surface area contributed by atoms with Crippen LogP contribution in [-0.2, 0) is 17.8 Å². The van der Waals surface area contributed by atoms with E-state index in [-0.39, 0.29) is 11.2 Å². The number of carbonyl (C=O) groups excluding carboxylic acids is 1. The second kappa shape index (κ2) is 6.43. The zero-order valence-electron chi connectivity index (χ0n) is 10.7. The summed E-state index contributed by atoms with van der Waals surface area (Å²) in [5.41, 5.74) is 1.81. The van der Waals surface area contributed by atoms with Crippen molar-refractivity contribution < 1.29 is 9.32 Å². The molecule has 1 aromatic heterocycles. The number of carbonyl (C=O) groups is 1. The van der Waals surface area contributed by atoms with Gasteiger partial charge in [-0.1, -0.05) is 35.5 Å². The molecule has 0 aliphatic heterocycles. The van der Waals surface area contributed by atoms with Gasteiger partial charge in [0.2, 0.25) is 5.91 Å². The van der Waals surface area contributed by atoms with Crippen LogP contribution in [0.25, 0.3) is 0 Å².